The highest BCUT2D eigenvalue weighted by Crippen LogP contribution is 2.09. The van der Waals surface area contributed by atoms with Crippen molar-refractivity contribution in [3.8, 4) is 0 Å². The summed E-state index contributed by atoms with van der Waals surface area (Å²) < 4.78 is 1.74. The van der Waals surface area contributed by atoms with Crippen molar-refractivity contribution in [2.45, 2.75) is 12.8 Å². The zero-order valence-corrected chi connectivity index (χ0v) is 9.76. The average Bonchev–Trinajstić information content (AvgIpc) is 2.74. The number of anilines is 1. The molecule has 1 aromatic carbocycles. The van der Waals surface area contributed by atoms with Crippen molar-refractivity contribution >= 4 is 11.5 Å². The fourth-order valence-corrected chi connectivity index (χ4v) is 1.69. The number of hydrogen-bond donors (Lipinski definition) is 1. The molecule has 0 atom stereocenters. The molecule has 0 aliphatic rings. The molecule has 0 saturated carbocycles. The van der Waals surface area contributed by atoms with Gasteiger partial charge >= 0.3 is 0 Å². The zero-order valence-electron chi connectivity index (χ0n) is 9.76. The number of hydrogen-bond acceptors (Lipinski definition) is 3. The van der Waals surface area contributed by atoms with Gasteiger partial charge in [0.15, 0.2) is 11.6 Å². The van der Waals surface area contributed by atoms with Crippen LogP contribution in [-0.4, -0.2) is 15.3 Å². The van der Waals surface area contributed by atoms with Crippen molar-refractivity contribution in [1.29, 1.82) is 0 Å². The number of carbonyl (C=O) groups excluding carboxylic acids is 1. The van der Waals surface area contributed by atoms with E-state index in [1.165, 1.54) is 0 Å². The summed E-state index contributed by atoms with van der Waals surface area (Å²) in [5.41, 5.74) is 7.45. The third kappa shape index (κ3) is 2.72. The van der Waals surface area contributed by atoms with E-state index >= 15 is 0 Å². The quantitative estimate of drug-likeness (QED) is 0.642. The van der Waals surface area contributed by atoms with Crippen molar-refractivity contribution in [2.75, 3.05) is 5.73 Å². The molecule has 88 valence electrons. The van der Waals surface area contributed by atoms with Gasteiger partial charge in [0.25, 0.3) is 0 Å². The van der Waals surface area contributed by atoms with Gasteiger partial charge in [-0.05, 0) is 24.1 Å². The molecule has 0 saturated heterocycles. The minimum atomic E-state index is 0.0642. The van der Waals surface area contributed by atoms with Crippen molar-refractivity contribution in [1.82, 2.24) is 9.55 Å². The number of nitrogens with zero attached hydrogens (tertiary/aromatic N) is 2. The molecule has 0 aliphatic heterocycles. The van der Waals surface area contributed by atoms with Crippen molar-refractivity contribution in [2.24, 2.45) is 7.05 Å². The normalized spacial score (nSPS) is 10.4. The third-order valence-electron chi connectivity index (χ3n) is 2.69. The van der Waals surface area contributed by atoms with Crippen LogP contribution in [0, 0.1) is 0 Å². The minimum absolute atomic E-state index is 0.0642. The predicted molar refractivity (Wildman–Crippen MR) is 66.7 cm³/mol. The number of aromatic nitrogens is 2. The van der Waals surface area contributed by atoms with Crippen LogP contribution < -0.4 is 5.73 Å². The molecule has 4 nitrogen and oxygen atoms in total. The average molecular weight is 229 g/mol. The lowest BCUT2D eigenvalue weighted by molar-refractivity contribution is 0.0970. The Bertz CT molecular complexity index is 514. The van der Waals surface area contributed by atoms with Gasteiger partial charge in [0.1, 0.15) is 0 Å². The summed E-state index contributed by atoms with van der Waals surface area (Å²) in [7, 11) is 1.82. The van der Waals surface area contributed by atoms with E-state index in [-0.39, 0.29) is 5.78 Å². The second-order valence-electron chi connectivity index (χ2n) is 4.03. The molecule has 0 amide bonds. The Morgan fingerprint density at radius 2 is 2.06 bits per heavy atom. The summed E-state index contributed by atoms with van der Waals surface area (Å²) in [6.07, 6.45) is 4.59. The number of aryl methyl sites for hydroxylation is 2. The van der Waals surface area contributed by atoms with Gasteiger partial charge < -0.3 is 10.3 Å². The van der Waals surface area contributed by atoms with Crippen LogP contribution in [0.25, 0.3) is 0 Å². The second-order valence-corrected chi connectivity index (χ2v) is 4.03. The molecule has 0 bridgehead atoms. The highest BCUT2D eigenvalue weighted by molar-refractivity contribution is 5.92. The number of nitrogen functional groups attached to an aromatic ring is 1. The van der Waals surface area contributed by atoms with Gasteiger partial charge in [0, 0.05) is 31.5 Å². The van der Waals surface area contributed by atoms with Crippen LogP contribution in [0.3, 0.4) is 0 Å². The number of imidazole rings is 1. The molecule has 0 fully saturated rings. The van der Waals surface area contributed by atoms with Gasteiger partial charge in [0.05, 0.1) is 0 Å². The topological polar surface area (TPSA) is 60.9 Å². The molecule has 1 aromatic heterocycles. The van der Waals surface area contributed by atoms with E-state index in [1.54, 1.807) is 17.0 Å². The van der Waals surface area contributed by atoms with Crippen LogP contribution >= 0.6 is 0 Å². The van der Waals surface area contributed by atoms with Gasteiger partial charge in [0.2, 0.25) is 0 Å². The van der Waals surface area contributed by atoms with Crippen molar-refractivity contribution < 1.29 is 4.79 Å². The van der Waals surface area contributed by atoms with Crippen LogP contribution in [0.1, 0.15) is 22.6 Å². The first kappa shape index (κ1) is 11.4. The van der Waals surface area contributed by atoms with E-state index in [2.05, 4.69) is 4.98 Å². The van der Waals surface area contributed by atoms with Crippen molar-refractivity contribution in [3.63, 3.8) is 0 Å². The molecule has 0 unspecified atom stereocenters. The molecule has 1 heterocycles. The molecule has 17 heavy (non-hydrogen) atoms. The molecule has 4 heteroatoms. The molecule has 2 rings (SSSR count). The summed E-state index contributed by atoms with van der Waals surface area (Å²) in [5.74, 6) is 0.578. The van der Waals surface area contributed by atoms with E-state index in [0.717, 1.165) is 11.3 Å². The molecular weight excluding hydrogens is 214 g/mol. The van der Waals surface area contributed by atoms with Gasteiger partial charge in [-0.2, -0.15) is 0 Å². The number of benzene rings is 1. The second kappa shape index (κ2) is 4.82. The smallest absolute Gasteiger partial charge is 0.198 e. The minimum Gasteiger partial charge on any atom is -0.399 e. The third-order valence-corrected chi connectivity index (χ3v) is 2.69. The Morgan fingerprint density at radius 1 is 1.35 bits per heavy atom. The largest absolute Gasteiger partial charge is 0.399 e. The summed E-state index contributed by atoms with van der Waals surface area (Å²) in [6.45, 7) is 0. The molecule has 2 aromatic rings. The van der Waals surface area contributed by atoms with Gasteiger partial charge in [-0.15, -0.1) is 0 Å². The first-order valence-electron chi connectivity index (χ1n) is 5.52. The zero-order chi connectivity index (χ0) is 12.3. The van der Waals surface area contributed by atoms with E-state index in [4.69, 9.17) is 5.73 Å². The Kier molecular flexibility index (Phi) is 3.23. The molecule has 0 radical (unpaired) electrons. The molecular formula is C13H15N3O. The lowest BCUT2D eigenvalue weighted by Crippen LogP contribution is -2.08. The fourth-order valence-electron chi connectivity index (χ4n) is 1.69. The highest BCUT2D eigenvalue weighted by Gasteiger charge is 2.10. The van der Waals surface area contributed by atoms with E-state index in [0.29, 0.717) is 18.7 Å². The maximum absolute atomic E-state index is 11.9. The fraction of sp³-hybridized carbons (Fsp3) is 0.231. The molecule has 0 aliphatic carbocycles. The lowest BCUT2D eigenvalue weighted by atomic mass is 10.1. The highest BCUT2D eigenvalue weighted by atomic mass is 16.1. The Hall–Kier alpha value is -2.10. The molecule has 0 spiro atoms. The van der Waals surface area contributed by atoms with E-state index in [1.807, 2.05) is 31.3 Å². The van der Waals surface area contributed by atoms with E-state index < -0.39 is 0 Å². The summed E-state index contributed by atoms with van der Waals surface area (Å²) in [5, 5.41) is 0. The number of nitrogens with two attached hydrogens (primary N) is 1. The Balaban J connectivity index is 1.97. The van der Waals surface area contributed by atoms with Gasteiger partial charge in [-0.25, -0.2) is 4.98 Å². The van der Waals surface area contributed by atoms with Crippen LogP contribution in [0.4, 0.5) is 5.69 Å². The first-order chi connectivity index (χ1) is 8.16. The standard InChI is InChI=1S/C13H15N3O/c1-16-9-8-15-13(16)12(17)7-4-10-2-5-11(14)6-3-10/h2-3,5-6,8-9H,4,7,14H2,1H3. The number of rotatable bonds is 4. The van der Waals surface area contributed by atoms with E-state index in [9.17, 15) is 4.79 Å². The number of ketones is 1. The summed E-state index contributed by atoms with van der Waals surface area (Å²) >= 11 is 0. The monoisotopic (exact) mass is 229 g/mol. The number of Topliss-reactive ketones (excluding diaryl/α,β-unsaturated/α-hetero) is 1. The van der Waals surface area contributed by atoms with Gasteiger partial charge in [-0.1, -0.05) is 12.1 Å². The SMILES string of the molecule is Cn1ccnc1C(=O)CCc1ccc(N)cc1. The van der Waals surface area contributed by atoms with Crippen LogP contribution in [0.5, 0.6) is 0 Å². The summed E-state index contributed by atoms with van der Waals surface area (Å²) in [6, 6.07) is 7.59. The maximum atomic E-state index is 11.9. The van der Waals surface area contributed by atoms with Crippen LogP contribution in [-0.2, 0) is 13.5 Å². The van der Waals surface area contributed by atoms with Crippen LogP contribution in [0.2, 0.25) is 0 Å². The van der Waals surface area contributed by atoms with Crippen LogP contribution in [0.15, 0.2) is 36.7 Å². The summed E-state index contributed by atoms with van der Waals surface area (Å²) in [4.78, 5) is 15.9. The Labute approximate surface area is 100 Å². The predicted octanol–water partition coefficient (Wildman–Crippen LogP) is 1.82. The molecule has 2 N–H and O–H groups in total. The maximum Gasteiger partial charge on any atom is 0.198 e. The van der Waals surface area contributed by atoms with Gasteiger partial charge in [-0.3, -0.25) is 4.79 Å². The lowest BCUT2D eigenvalue weighted by Gasteiger charge is -2.02. The van der Waals surface area contributed by atoms with Crippen molar-refractivity contribution in [3.05, 3.63) is 48.0 Å². The Morgan fingerprint density at radius 3 is 2.65 bits per heavy atom. The number of carbonyl (C=O) groups is 1. The first-order valence-corrected chi connectivity index (χ1v) is 5.52.